The third kappa shape index (κ3) is 1.48. The van der Waals surface area contributed by atoms with Crippen LogP contribution in [0.2, 0.25) is 0 Å². The van der Waals surface area contributed by atoms with Gasteiger partial charge in [-0.05, 0) is 12.8 Å². The first-order valence-electron chi connectivity index (χ1n) is 4.09. The summed E-state index contributed by atoms with van der Waals surface area (Å²) >= 11 is 0. The normalized spacial score (nSPS) is 24.6. The van der Waals surface area contributed by atoms with Gasteiger partial charge in [-0.1, -0.05) is 19.3 Å². The maximum atomic E-state index is 12.5. The number of hydrogen-bond acceptors (Lipinski definition) is 1. The molecule has 0 aliphatic heterocycles. The molecule has 1 aliphatic carbocycles. The van der Waals surface area contributed by atoms with Crippen LogP contribution in [0.1, 0.15) is 32.1 Å². The van der Waals surface area contributed by atoms with E-state index in [1.165, 1.54) is 19.3 Å². The van der Waals surface area contributed by atoms with Gasteiger partial charge in [-0.2, -0.15) is 0 Å². The Labute approximate surface area is 61.8 Å². The molecule has 0 amide bonds. The fraction of sp³-hybridized carbons (Fsp3) is 1.00. The Balaban J connectivity index is 2.44. The summed E-state index contributed by atoms with van der Waals surface area (Å²) in [7, 11) is 0. The summed E-state index contributed by atoms with van der Waals surface area (Å²) in [5.74, 6) is 0. The summed E-state index contributed by atoms with van der Waals surface area (Å²) in [5.41, 5.74) is 5.38. The Morgan fingerprint density at radius 1 is 1.20 bits per heavy atom. The van der Waals surface area contributed by atoms with Gasteiger partial charge in [-0.25, -0.2) is 0 Å². The lowest BCUT2D eigenvalue weighted by Gasteiger charge is -2.33. The first-order valence-corrected chi connectivity index (χ1v) is 4.09. The molecule has 0 bridgehead atoms. The van der Waals surface area contributed by atoms with Crippen LogP contribution in [0.25, 0.3) is 0 Å². The fourth-order valence-corrected chi connectivity index (χ4v) is 1.69. The maximum absolute atomic E-state index is 12.5. The predicted molar refractivity (Wildman–Crippen MR) is 40.5 cm³/mol. The molecule has 2 heteroatoms. The molecule has 0 aromatic carbocycles. The SMILES string of the molecule is NCC1(CF)CCCCC1. The largest absolute Gasteiger partial charge is 0.330 e. The molecule has 0 spiro atoms. The Morgan fingerprint density at radius 2 is 1.80 bits per heavy atom. The zero-order valence-corrected chi connectivity index (χ0v) is 6.41. The van der Waals surface area contributed by atoms with Crippen molar-refractivity contribution >= 4 is 0 Å². The van der Waals surface area contributed by atoms with E-state index in [1.54, 1.807) is 0 Å². The zero-order chi connectivity index (χ0) is 7.45. The molecule has 0 unspecified atom stereocenters. The molecule has 10 heavy (non-hydrogen) atoms. The van der Waals surface area contributed by atoms with Crippen molar-refractivity contribution < 1.29 is 4.39 Å². The van der Waals surface area contributed by atoms with Crippen LogP contribution >= 0.6 is 0 Å². The molecule has 0 saturated heterocycles. The molecule has 1 nitrogen and oxygen atoms in total. The van der Waals surface area contributed by atoms with Crippen LogP contribution in [0.3, 0.4) is 0 Å². The molecule has 0 radical (unpaired) electrons. The van der Waals surface area contributed by atoms with E-state index in [2.05, 4.69) is 0 Å². The molecule has 0 atom stereocenters. The summed E-state index contributed by atoms with van der Waals surface area (Å²) in [5, 5.41) is 0. The molecular weight excluding hydrogens is 129 g/mol. The highest BCUT2D eigenvalue weighted by atomic mass is 19.1. The number of nitrogens with two attached hydrogens (primary N) is 1. The van der Waals surface area contributed by atoms with Gasteiger partial charge >= 0.3 is 0 Å². The first-order chi connectivity index (χ1) is 4.83. The standard InChI is InChI=1S/C8H16FN/c9-6-8(7-10)4-2-1-3-5-8/h1-7,10H2. The van der Waals surface area contributed by atoms with Gasteiger partial charge < -0.3 is 5.73 Å². The average molecular weight is 145 g/mol. The minimum atomic E-state index is -0.219. The third-order valence-corrected chi connectivity index (χ3v) is 2.63. The highest BCUT2D eigenvalue weighted by Crippen LogP contribution is 2.35. The minimum absolute atomic E-state index is 0.127. The minimum Gasteiger partial charge on any atom is -0.330 e. The lowest BCUT2D eigenvalue weighted by Crippen LogP contribution is -2.34. The molecule has 1 saturated carbocycles. The van der Waals surface area contributed by atoms with Crippen LogP contribution in [0.5, 0.6) is 0 Å². The van der Waals surface area contributed by atoms with Crippen molar-refractivity contribution in [2.75, 3.05) is 13.2 Å². The summed E-state index contributed by atoms with van der Waals surface area (Å²) < 4.78 is 12.5. The van der Waals surface area contributed by atoms with Gasteiger partial charge in [0.1, 0.15) is 0 Å². The Morgan fingerprint density at radius 3 is 2.10 bits per heavy atom. The van der Waals surface area contributed by atoms with E-state index in [4.69, 9.17) is 5.73 Å². The van der Waals surface area contributed by atoms with Gasteiger partial charge in [0.15, 0.2) is 0 Å². The Bertz CT molecular complexity index is 91.4. The van der Waals surface area contributed by atoms with Crippen LogP contribution in [0, 0.1) is 5.41 Å². The number of rotatable bonds is 2. The highest BCUT2D eigenvalue weighted by Gasteiger charge is 2.30. The van der Waals surface area contributed by atoms with E-state index < -0.39 is 0 Å². The van der Waals surface area contributed by atoms with Crippen molar-refractivity contribution in [3.05, 3.63) is 0 Å². The average Bonchev–Trinajstić information content (AvgIpc) is 2.06. The molecule has 2 N–H and O–H groups in total. The van der Waals surface area contributed by atoms with E-state index in [0.29, 0.717) is 6.54 Å². The quantitative estimate of drug-likeness (QED) is 0.630. The van der Waals surface area contributed by atoms with E-state index in [1.807, 2.05) is 0 Å². The summed E-state index contributed by atoms with van der Waals surface area (Å²) in [6.45, 7) is 0.312. The van der Waals surface area contributed by atoms with E-state index in [0.717, 1.165) is 12.8 Å². The van der Waals surface area contributed by atoms with Crippen molar-refractivity contribution in [2.24, 2.45) is 11.1 Å². The van der Waals surface area contributed by atoms with Gasteiger partial charge in [0.25, 0.3) is 0 Å². The lowest BCUT2D eigenvalue weighted by atomic mass is 9.75. The molecule has 0 aromatic heterocycles. The van der Waals surface area contributed by atoms with Gasteiger partial charge in [-0.3, -0.25) is 4.39 Å². The third-order valence-electron chi connectivity index (χ3n) is 2.63. The number of alkyl halides is 1. The number of halogens is 1. The second-order valence-electron chi connectivity index (χ2n) is 3.40. The summed E-state index contributed by atoms with van der Waals surface area (Å²) in [6, 6.07) is 0. The van der Waals surface area contributed by atoms with Crippen molar-refractivity contribution in [2.45, 2.75) is 32.1 Å². The van der Waals surface area contributed by atoms with Gasteiger partial charge in [0.05, 0.1) is 6.67 Å². The number of hydrogen-bond donors (Lipinski definition) is 1. The van der Waals surface area contributed by atoms with Crippen LogP contribution in [-0.2, 0) is 0 Å². The molecule has 1 fully saturated rings. The zero-order valence-electron chi connectivity index (χ0n) is 6.41. The maximum Gasteiger partial charge on any atom is 0.0962 e. The van der Waals surface area contributed by atoms with Gasteiger partial charge in [-0.15, -0.1) is 0 Å². The van der Waals surface area contributed by atoms with Crippen LogP contribution in [0.4, 0.5) is 4.39 Å². The second kappa shape index (κ2) is 3.33. The van der Waals surface area contributed by atoms with Crippen LogP contribution < -0.4 is 5.73 Å². The topological polar surface area (TPSA) is 26.0 Å². The fourth-order valence-electron chi connectivity index (χ4n) is 1.69. The van der Waals surface area contributed by atoms with Crippen LogP contribution in [-0.4, -0.2) is 13.2 Å². The summed E-state index contributed by atoms with van der Waals surface area (Å²) in [4.78, 5) is 0. The van der Waals surface area contributed by atoms with E-state index in [-0.39, 0.29) is 12.1 Å². The van der Waals surface area contributed by atoms with Crippen molar-refractivity contribution in [1.82, 2.24) is 0 Å². The molecule has 1 rings (SSSR count). The molecule has 60 valence electrons. The van der Waals surface area contributed by atoms with Gasteiger partial charge in [0, 0.05) is 12.0 Å². The molecule has 0 aromatic rings. The summed E-state index contributed by atoms with van der Waals surface area (Å²) in [6.07, 6.45) is 5.60. The van der Waals surface area contributed by atoms with Crippen molar-refractivity contribution in [1.29, 1.82) is 0 Å². The lowest BCUT2D eigenvalue weighted by molar-refractivity contribution is 0.147. The molecule has 1 aliphatic rings. The Kier molecular flexibility index (Phi) is 2.66. The van der Waals surface area contributed by atoms with Crippen molar-refractivity contribution in [3.63, 3.8) is 0 Å². The molecular formula is C8H16FN. The molecule has 0 heterocycles. The monoisotopic (exact) mass is 145 g/mol. The van der Waals surface area contributed by atoms with E-state index in [9.17, 15) is 4.39 Å². The predicted octanol–water partition coefficient (Wildman–Crippen LogP) is 1.87. The second-order valence-corrected chi connectivity index (χ2v) is 3.40. The van der Waals surface area contributed by atoms with Crippen molar-refractivity contribution in [3.8, 4) is 0 Å². The van der Waals surface area contributed by atoms with Crippen LogP contribution in [0.15, 0.2) is 0 Å². The first kappa shape index (κ1) is 7.99. The Hall–Kier alpha value is -0.110. The van der Waals surface area contributed by atoms with E-state index >= 15 is 0 Å². The highest BCUT2D eigenvalue weighted by molar-refractivity contribution is 4.82. The smallest absolute Gasteiger partial charge is 0.0962 e. The van der Waals surface area contributed by atoms with Gasteiger partial charge in [0.2, 0.25) is 0 Å².